The van der Waals surface area contributed by atoms with E-state index < -0.39 is 10.0 Å². The molecule has 0 radical (unpaired) electrons. The summed E-state index contributed by atoms with van der Waals surface area (Å²) in [4.78, 5) is 4.34. The minimum absolute atomic E-state index is 0. The topological polar surface area (TPSA) is 70.6 Å². The van der Waals surface area contributed by atoms with Crippen molar-refractivity contribution in [1.29, 1.82) is 0 Å². The normalized spacial score (nSPS) is 14.4. The van der Waals surface area contributed by atoms with Crippen LogP contribution in [0.4, 0.5) is 0 Å². The second kappa shape index (κ2) is 7.40. The zero-order valence-electron chi connectivity index (χ0n) is 11.0. The van der Waals surface area contributed by atoms with Crippen molar-refractivity contribution in [2.24, 2.45) is 4.99 Å². The average Bonchev–Trinajstić information content (AvgIpc) is 2.86. The third-order valence-electron chi connectivity index (χ3n) is 2.99. The summed E-state index contributed by atoms with van der Waals surface area (Å²) in [6, 6.07) is 5.89. The Morgan fingerprint density at radius 2 is 2.20 bits per heavy atom. The Balaban J connectivity index is 0.00000200. The predicted molar refractivity (Wildman–Crippen MR) is 87.1 cm³/mol. The van der Waals surface area contributed by atoms with E-state index >= 15 is 0 Å². The molecular weight excluding hydrogens is 366 g/mol. The van der Waals surface area contributed by atoms with E-state index in [1.165, 1.54) is 0 Å². The summed E-state index contributed by atoms with van der Waals surface area (Å²) in [7, 11) is -3.32. The maximum Gasteiger partial charge on any atom is 0.225 e. The molecule has 1 aromatic rings. The van der Waals surface area contributed by atoms with Crippen LogP contribution in [0.15, 0.2) is 23.2 Å². The Hall–Kier alpha value is -0.630. The van der Waals surface area contributed by atoms with Gasteiger partial charge in [-0.1, -0.05) is 18.2 Å². The first-order valence-corrected chi connectivity index (χ1v) is 8.40. The lowest BCUT2D eigenvalue weighted by Gasteiger charge is -2.09. The fourth-order valence-corrected chi connectivity index (χ4v) is 3.10. The number of aryl methyl sites for hydroxylation is 1. The van der Waals surface area contributed by atoms with Crippen molar-refractivity contribution < 1.29 is 8.42 Å². The Kier molecular flexibility index (Phi) is 6.44. The Morgan fingerprint density at radius 1 is 1.45 bits per heavy atom. The van der Waals surface area contributed by atoms with E-state index in [1.54, 1.807) is 0 Å². The second-order valence-corrected chi connectivity index (χ2v) is 7.17. The number of halogens is 2. The lowest BCUT2D eigenvalue weighted by molar-refractivity contribution is 0.594. The highest BCUT2D eigenvalue weighted by Crippen LogP contribution is 2.15. The van der Waals surface area contributed by atoms with E-state index in [1.807, 2.05) is 25.1 Å². The van der Waals surface area contributed by atoms with Crippen molar-refractivity contribution in [3.63, 3.8) is 0 Å². The maximum absolute atomic E-state index is 11.6. The van der Waals surface area contributed by atoms with E-state index in [4.69, 9.17) is 0 Å². The van der Waals surface area contributed by atoms with Gasteiger partial charge >= 0.3 is 0 Å². The van der Waals surface area contributed by atoms with Gasteiger partial charge in [0.15, 0.2) is 0 Å². The van der Waals surface area contributed by atoms with Crippen LogP contribution < -0.4 is 9.06 Å². The van der Waals surface area contributed by atoms with Gasteiger partial charge in [-0.05, 0) is 23.6 Å². The lowest BCUT2D eigenvalue weighted by atomic mass is 10.0. The molecular formula is C12H17BrClN3O2S. The highest BCUT2D eigenvalue weighted by molar-refractivity contribution is 9.09. The highest BCUT2D eigenvalue weighted by atomic mass is 79.9. The molecule has 0 aromatic heterocycles. The molecule has 0 bridgehead atoms. The smallest absolute Gasteiger partial charge is 0.225 e. The first kappa shape index (κ1) is 17.4. The van der Waals surface area contributed by atoms with Gasteiger partial charge in [0.25, 0.3) is 0 Å². The monoisotopic (exact) mass is 381 g/mol. The number of aliphatic imine (C=N–C) groups is 1. The van der Waals surface area contributed by atoms with Crippen LogP contribution in [0.2, 0.25) is 0 Å². The lowest BCUT2D eigenvalue weighted by Crippen LogP contribution is -2.21. The molecule has 0 saturated heterocycles. The molecule has 2 rings (SSSR count). The summed E-state index contributed by atoms with van der Waals surface area (Å²) in [6.07, 6.45) is 0.717. The first-order valence-electron chi connectivity index (χ1n) is 5.96. The average molecular weight is 383 g/mol. The van der Waals surface area contributed by atoms with Crippen LogP contribution in [-0.4, -0.2) is 27.3 Å². The van der Waals surface area contributed by atoms with Gasteiger partial charge in [-0.15, -0.1) is 16.2 Å². The van der Waals surface area contributed by atoms with Gasteiger partial charge in [-0.2, -0.15) is 0 Å². The molecule has 0 spiro atoms. The molecule has 1 aliphatic rings. The van der Waals surface area contributed by atoms with Gasteiger partial charge in [0.1, 0.15) is 5.84 Å². The second-order valence-electron chi connectivity index (χ2n) is 4.53. The molecule has 0 unspecified atom stereocenters. The SMILES string of the molecule is Cc1ccc(CC2=NCCN2)cc1CS(=O)(=O)NBr.Cl. The van der Waals surface area contributed by atoms with E-state index in [9.17, 15) is 8.42 Å². The van der Waals surface area contributed by atoms with Gasteiger partial charge in [0.05, 0.1) is 12.3 Å². The molecule has 20 heavy (non-hydrogen) atoms. The molecule has 1 aromatic carbocycles. The van der Waals surface area contributed by atoms with Crippen molar-refractivity contribution in [2.75, 3.05) is 13.1 Å². The molecule has 2 N–H and O–H groups in total. The number of benzene rings is 1. The molecule has 1 heterocycles. The number of hydrogen-bond donors (Lipinski definition) is 2. The zero-order chi connectivity index (χ0) is 13.9. The third-order valence-corrected chi connectivity index (χ3v) is 5.40. The van der Waals surface area contributed by atoms with Gasteiger partial charge in [-0.25, -0.2) is 8.42 Å². The third kappa shape index (κ3) is 4.73. The fourth-order valence-electron chi connectivity index (χ4n) is 1.98. The molecule has 0 aliphatic carbocycles. The molecule has 8 heteroatoms. The molecule has 0 saturated carbocycles. The Morgan fingerprint density at radius 3 is 2.80 bits per heavy atom. The van der Waals surface area contributed by atoms with Gasteiger partial charge in [0.2, 0.25) is 10.0 Å². The zero-order valence-corrected chi connectivity index (χ0v) is 14.2. The van der Waals surface area contributed by atoms with E-state index in [2.05, 4.69) is 30.2 Å². The van der Waals surface area contributed by atoms with Crippen LogP contribution in [-0.2, 0) is 22.2 Å². The van der Waals surface area contributed by atoms with Crippen molar-refractivity contribution in [1.82, 2.24) is 9.06 Å². The van der Waals surface area contributed by atoms with Crippen LogP contribution in [0.1, 0.15) is 16.7 Å². The quantitative estimate of drug-likeness (QED) is 0.761. The minimum Gasteiger partial charge on any atom is -0.372 e. The Bertz CT molecular complexity index is 605. The van der Waals surface area contributed by atoms with E-state index in [-0.39, 0.29) is 18.2 Å². The van der Waals surface area contributed by atoms with Crippen LogP contribution in [0.25, 0.3) is 0 Å². The van der Waals surface area contributed by atoms with Gasteiger partial charge in [-0.3, -0.25) is 4.99 Å². The summed E-state index contributed by atoms with van der Waals surface area (Å²) in [5, 5.41) is 3.21. The van der Waals surface area contributed by atoms with Crippen molar-refractivity contribution in [3.05, 3.63) is 34.9 Å². The maximum atomic E-state index is 11.6. The Labute approximate surface area is 134 Å². The standard InChI is InChI=1S/C12H16BrN3O2S.ClH/c1-9-2-3-10(7-12-14-4-5-15-12)6-11(9)8-19(17,18)16-13;/h2-3,6,16H,4-5,7-8H2,1H3,(H,14,15);1H. The number of hydrogen-bond acceptors (Lipinski definition) is 4. The summed E-state index contributed by atoms with van der Waals surface area (Å²) in [5.74, 6) is 0.939. The van der Waals surface area contributed by atoms with Gasteiger partial charge in [0, 0.05) is 29.1 Å². The molecule has 1 aliphatic heterocycles. The summed E-state index contributed by atoms with van der Waals surface area (Å²) in [6.45, 7) is 3.61. The van der Waals surface area contributed by atoms with Crippen molar-refractivity contribution in [2.45, 2.75) is 19.1 Å². The molecule has 112 valence electrons. The first-order chi connectivity index (χ1) is 9.00. The highest BCUT2D eigenvalue weighted by Gasteiger charge is 2.13. The minimum atomic E-state index is -3.32. The largest absolute Gasteiger partial charge is 0.372 e. The van der Waals surface area contributed by atoms with E-state index in [0.29, 0.717) is 0 Å². The van der Waals surface area contributed by atoms with Crippen LogP contribution in [0, 0.1) is 6.92 Å². The number of amidine groups is 1. The van der Waals surface area contributed by atoms with Crippen LogP contribution >= 0.6 is 28.6 Å². The fraction of sp³-hybridized carbons (Fsp3) is 0.417. The van der Waals surface area contributed by atoms with Crippen LogP contribution in [0.5, 0.6) is 0 Å². The number of sulfonamides is 1. The summed E-state index contributed by atoms with van der Waals surface area (Å²) >= 11 is 2.78. The summed E-state index contributed by atoms with van der Waals surface area (Å²) in [5.41, 5.74) is 2.85. The predicted octanol–water partition coefficient (Wildman–Crippen LogP) is 1.69. The van der Waals surface area contributed by atoms with Gasteiger partial charge < -0.3 is 5.32 Å². The number of nitrogens with one attached hydrogen (secondary N) is 2. The van der Waals surface area contributed by atoms with Crippen molar-refractivity contribution in [3.8, 4) is 0 Å². The molecule has 0 atom stereocenters. The molecule has 0 amide bonds. The molecule has 5 nitrogen and oxygen atoms in total. The van der Waals surface area contributed by atoms with E-state index in [0.717, 1.165) is 42.0 Å². The number of rotatable bonds is 5. The molecule has 0 fully saturated rings. The van der Waals surface area contributed by atoms with Crippen molar-refractivity contribution >= 4 is 44.4 Å². The van der Waals surface area contributed by atoms with Crippen LogP contribution in [0.3, 0.4) is 0 Å². The number of nitrogens with zero attached hydrogens (tertiary/aromatic N) is 1. The summed E-state index contributed by atoms with van der Waals surface area (Å²) < 4.78 is 25.3.